The van der Waals surface area contributed by atoms with Gasteiger partial charge in [-0.2, -0.15) is 0 Å². The zero-order valence-electron chi connectivity index (χ0n) is 7.28. The molecule has 0 fully saturated rings. The normalized spacial score (nSPS) is 10.5. The molecule has 0 bridgehead atoms. The first-order valence-electron chi connectivity index (χ1n) is 3.97. The predicted molar refractivity (Wildman–Crippen MR) is 52.9 cm³/mol. The minimum Gasteiger partial charge on any atom is -0.478 e. The molecule has 1 N–H and O–H groups in total. The van der Waals surface area contributed by atoms with Crippen molar-refractivity contribution in [3.05, 3.63) is 29.8 Å². The topological polar surface area (TPSA) is 46.5 Å². The summed E-state index contributed by atoms with van der Waals surface area (Å²) in [7, 11) is 0.318. The van der Waals surface area contributed by atoms with Gasteiger partial charge in [0.15, 0.2) is 0 Å². The zero-order chi connectivity index (χ0) is 9.68. The van der Waals surface area contributed by atoms with Crippen LogP contribution in [0.5, 0.6) is 5.75 Å². The highest BCUT2D eigenvalue weighted by molar-refractivity contribution is 7.32. The third-order valence-corrected chi connectivity index (χ3v) is 2.10. The highest BCUT2D eigenvalue weighted by atomic mass is 31.1. The van der Waals surface area contributed by atoms with E-state index >= 15 is 0 Å². The summed E-state index contributed by atoms with van der Waals surface area (Å²) in [5.74, 6) is -0.494. The van der Waals surface area contributed by atoms with Gasteiger partial charge in [0.2, 0.25) is 0 Å². The van der Waals surface area contributed by atoms with Crippen LogP contribution in [0.15, 0.2) is 24.3 Å². The van der Waals surface area contributed by atoms with Crippen LogP contribution in [0.1, 0.15) is 17.3 Å². The molecule has 1 atom stereocenters. The van der Waals surface area contributed by atoms with Crippen molar-refractivity contribution in [2.75, 3.05) is 6.16 Å². The minimum atomic E-state index is -0.948. The maximum Gasteiger partial charge on any atom is 0.339 e. The summed E-state index contributed by atoms with van der Waals surface area (Å²) in [6.07, 6.45) is 0.897. The summed E-state index contributed by atoms with van der Waals surface area (Å²) >= 11 is 0. The first-order valence-corrected chi connectivity index (χ1v) is 5.09. The molecule has 1 aromatic rings. The van der Waals surface area contributed by atoms with Crippen molar-refractivity contribution in [1.82, 2.24) is 0 Å². The lowest BCUT2D eigenvalue weighted by Crippen LogP contribution is -1.98. The molecule has 0 aliphatic carbocycles. The molecule has 0 saturated carbocycles. The molecule has 1 unspecified atom stereocenters. The van der Waals surface area contributed by atoms with Gasteiger partial charge in [0.05, 0.1) is 8.81 Å². The number of carboxylic acid groups (broad SMARTS) is 1. The van der Waals surface area contributed by atoms with Crippen molar-refractivity contribution in [3.8, 4) is 5.75 Å². The average molecular weight is 198 g/mol. The van der Waals surface area contributed by atoms with Crippen LogP contribution in [-0.4, -0.2) is 17.2 Å². The molecule has 0 aromatic heterocycles. The SMILES string of the molecule is CCPOc1ccccc1C(=O)O. The van der Waals surface area contributed by atoms with Crippen molar-refractivity contribution in [2.24, 2.45) is 0 Å². The smallest absolute Gasteiger partial charge is 0.339 e. The van der Waals surface area contributed by atoms with Gasteiger partial charge in [-0.1, -0.05) is 19.1 Å². The highest BCUT2D eigenvalue weighted by Gasteiger charge is 2.08. The zero-order valence-corrected chi connectivity index (χ0v) is 8.28. The molecule has 0 amide bonds. The van der Waals surface area contributed by atoms with Gasteiger partial charge in [-0.15, -0.1) is 0 Å². The number of para-hydroxylation sites is 1. The van der Waals surface area contributed by atoms with Crippen LogP contribution in [0, 0.1) is 0 Å². The van der Waals surface area contributed by atoms with E-state index in [1.807, 2.05) is 6.92 Å². The minimum absolute atomic E-state index is 0.225. The summed E-state index contributed by atoms with van der Waals surface area (Å²) in [5.41, 5.74) is 0.225. The average Bonchev–Trinajstić information content (AvgIpc) is 2.15. The molecule has 0 aliphatic heterocycles. The van der Waals surface area contributed by atoms with E-state index in [1.165, 1.54) is 6.07 Å². The Hall–Kier alpha value is -1.08. The van der Waals surface area contributed by atoms with Crippen LogP contribution in [0.3, 0.4) is 0 Å². The quantitative estimate of drug-likeness (QED) is 0.755. The second kappa shape index (κ2) is 4.83. The van der Waals surface area contributed by atoms with Gasteiger partial charge in [-0.05, 0) is 18.3 Å². The predicted octanol–water partition coefficient (Wildman–Crippen LogP) is 2.38. The molecule has 0 spiro atoms. The number of benzene rings is 1. The van der Waals surface area contributed by atoms with Crippen molar-refractivity contribution >= 4 is 14.8 Å². The number of rotatable bonds is 4. The van der Waals surface area contributed by atoms with Crippen LogP contribution >= 0.6 is 8.81 Å². The molecule has 0 saturated heterocycles. The molecular formula is C9H11O3P. The lowest BCUT2D eigenvalue weighted by atomic mass is 10.2. The molecule has 0 radical (unpaired) electrons. The van der Waals surface area contributed by atoms with E-state index in [1.54, 1.807) is 18.2 Å². The maximum absolute atomic E-state index is 10.7. The maximum atomic E-state index is 10.7. The van der Waals surface area contributed by atoms with Crippen LogP contribution in [0.25, 0.3) is 0 Å². The Morgan fingerprint density at radius 3 is 2.85 bits per heavy atom. The Bertz CT molecular complexity index is 299. The van der Waals surface area contributed by atoms with Crippen molar-refractivity contribution in [1.29, 1.82) is 0 Å². The number of carboxylic acids is 1. The van der Waals surface area contributed by atoms with Crippen molar-refractivity contribution in [2.45, 2.75) is 6.92 Å². The number of hydrogen-bond acceptors (Lipinski definition) is 2. The lowest BCUT2D eigenvalue weighted by Gasteiger charge is -2.06. The number of carbonyl (C=O) groups is 1. The Morgan fingerprint density at radius 2 is 2.23 bits per heavy atom. The molecule has 3 nitrogen and oxygen atoms in total. The fourth-order valence-electron chi connectivity index (χ4n) is 0.882. The van der Waals surface area contributed by atoms with Crippen LogP contribution in [0.4, 0.5) is 0 Å². The number of aromatic carboxylic acids is 1. The fraction of sp³-hybridized carbons (Fsp3) is 0.222. The Labute approximate surface area is 78.6 Å². The third kappa shape index (κ3) is 2.71. The molecule has 1 aromatic carbocycles. The van der Waals surface area contributed by atoms with Gasteiger partial charge in [0, 0.05) is 0 Å². The molecule has 70 valence electrons. The molecule has 1 rings (SSSR count). The van der Waals surface area contributed by atoms with E-state index in [9.17, 15) is 4.79 Å². The monoisotopic (exact) mass is 198 g/mol. The standard InChI is InChI=1S/C9H11O3P/c1-2-13-12-8-6-4-3-5-7(8)9(10)11/h3-6,13H,2H2,1H3,(H,10,11). The van der Waals surface area contributed by atoms with Gasteiger partial charge >= 0.3 is 5.97 Å². The Balaban J connectivity index is 2.84. The summed E-state index contributed by atoms with van der Waals surface area (Å²) < 4.78 is 5.29. The summed E-state index contributed by atoms with van der Waals surface area (Å²) in [6.45, 7) is 1.99. The molecule has 13 heavy (non-hydrogen) atoms. The van der Waals surface area contributed by atoms with E-state index in [-0.39, 0.29) is 5.56 Å². The van der Waals surface area contributed by atoms with Crippen LogP contribution in [0.2, 0.25) is 0 Å². The summed E-state index contributed by atoms with van der Waals surface area (Å²) in [6, 6.07) is 6.66. The first-order chi connectivity index (χ1) is 6.25. The fourth-order valence-corrected chi connectivity index (χ4v) is 1.36. The van der Waals surface area contributed by atoms with E-state index in [4.69, 9.17) is 9.63 Å². The van der Waals surface area contributed by atoms with E-state index in [0.29, 0.717) is 14.6 Å². The number of hydrogen-bond donors (Lipinski definition) is 1. The lowest BCUT2D eigenvalue weighted by molar-refractivity contribution is 0.0695. The second-order valence-corrected chi connectivity index (χ2v) is 3.60. The van der Waals surface area contributed by atoms with E-state index in [0.717, 1.165) is 6.16 Å². The van der Waals surface area contributed by atoms with Gasteiger partial charge in [-0.3, -0.25) is 0 Å². The largest absolute Gasteiger partial charge is 0.478 e. The molecule has 0 aliphatic rings. The summed E-state index contributed by atoms with van der Waals surface area (Å²) in [5, 5.41) is 8.79. The molecule has 0 heterocycles. The van der Waals surface area contributed by atoms with Crippen LogP contribution < -0.4 is 4.52 Å². The highest BCUT2D eigenvalue weighted by Crippen LogP contribution is 2.24. The first kappa shape index (κ1) is 10.0. The van der Waals surface area contributed by atoms with Crippen LogP contribution in [-0.2, 0) is 0 Å². The van der Waals surface area contributed by atoms with Gasteiger partial charge in [0.1, 0.15) is 11.3 Å². The van der Waals surface area contributed by atoms with Crippen molar-refractivity contribution < 1.29 is 14.4 Å². The Morgan fingerprint density at radius 1 is 1.54 bits per heavy atom. The van der Waals surface area contributed by atoms with E-state index in [2.05, 4.69) is 0 Å². The second-order valence-electron chi connectivity index (χ2n) is 2.40. The Kier molecular flexibility index (Phi) is 3.71. The third-order valence-electron chi connectivity index (χ3n) is 1.44. The summed E-state index contributed by atoms with van der Waals surface area (Å²) in [4.78, 5) is 10.7. The van der Waals surface area contributed by atoms with Gasteiger partial charge in [-0.25, -0.2) is 4.79 Å². The van der Waals surface area contributed by atoms with Crippen molar-refractivity contribution in [3.63, 3.8) is 0 Å². The van der Waals surface area contributed by atoms with Gasteiger partial charge in [0.25, 0.3) is 0 Å². The molecular weight excluding hydrogens is 187 g/mol. The van der Waals surface area contributed by atoms with E-state index < -0.39 is 5.97 Å². The van der Waals surface area contributed by atoms with Gasteiger partial charge < -0.3 is 9.63 Å². The molecule has 4 heteroatoms.